The van der Waals surface area contributed by atoms with Gasteiger partial charge in [0.05, 0.1) is 0 Å². The molecule has 0 bridgehead atoms. The van der Waals surface area contributed by atoms with Crippen molar-refractivity contribution in [1.82, 2.24) is 14.4 Å². The van der Waals surface area contributed by atoms with Crippen molar-refractivity contribution in [2.45, 2.75) is 18.0 Å². The molecule has 2 N–H and O–H groups in total. The minimum atomic E-state index is -4.78. The second-order valence-corrected chi connectivity index (χ2v) is 10.1. The van der Waals surface area contributed by atoms with Gasteiger partial charge in [-0.25, -0.2) is 18.4 Å². The number of ether oxygens (including phenoxy) is 2. The van der Waals surface area contributed by atoms with Crippen LogP contribution in [-0.4, -0.2) is 67.3 Å². The van der Waals surface area contributed by atoms with Gasteiger partial charge in [-0.2, -0.15) is 0 Å². The Labute approximate surface area is 199 Å². The topological polar surface area (TPSA) is 124 Å². The number of benzene rings is 1. The molecule has 2 aromatic rings. The molecule has 2 fully saturated rings. The van der Waals surface area contributed by atoms with Gasteiger partial charge in [0.25, 0.3) is 15.9 Å². The van der Waals surface area contributed by atoms with Crippen molar-refractivity contribution >= 4 is 22.0 Å². The van der Waals surface area contributed by atoms with Crippen LogP contribution in [0.15, 0.2) is 41.4 Å². The molecule has 35 heavy (non-hydrogen) atoms. The quantitative estimate of drug-likeness (QED) is 0.648. The van der Waals surface area contributed by atoms with Gasteiger partial charge in [0.2, 0.25) is 0 Å². The van der Waals surface area contributed by atoms with Crippen LogP contribution in [0.3, 0.4) is 0 Å². The van der Waals surface area contributed by atoms with Gasteiger partial charge in [0.15, 0.2) is 5.03 Å². The molecule has 0 saturated carbocycles. The van der Waals surface area contributed by atoms with E-state index in [0.29, 0.717) is 31.7 Å². The third kappa shape index (κ3) is 5.53. The van der Waals surface area contributed by atoms with E-state index in [4.69, 9.17) is 9.88 Å². The average Bonchev–Trinajstić information content (AvgIpc) is 3.44. The second kappa shape index (κ2) is 9.07. The van der Waals surface area contributed by atoms with E-state index in [1.165, 1.54) is 35.9 Å². The van der Waals surface area contributed by atoms with Crippen LogP contribution >= 0.6 is 0 Å². The van der Waals surface area contributed by atoms with Gasteiger partial charge in [0.1, 0.15) is 18.1 Å². The summed E-state index contributed by atoms with van der Waals surface area (Å²) >= 11 is 0. The summed E-state index contributed by atoms with van der Waals surface area (Å²) in [6.45, 7) is 1.48. The third-order valence-electron chi connectivity index (χ3n) is 6.14. The fourth-order valence-corrected chi connectivity index (χ4v) is 5.22. The number of nitrogens with zero attached hydrogens (tertiary/aromatic N) is 3. The van der Waals surface area contributed by atoms with E-state index < -0.39 is 22.5 Å². The van der Waals surface area contributed by atoms with Crippen molar-refractivity contribution in [3.05, 3.63) is 47.7 Å². The molecule has 2 aliphatic heterocycles. The molecular formula is C21H23F3N4O6S. The van der Waals surface area contributed by atoms with Crippen molar-refractivity contribution < 1.29 is 40.7 Å². The Balaban J connectivity index is 1.28. The third-order valence-corrected chi connectivity index (χ3v) is 7.13. The van der Waals surface area contributed by atoms with E-state index in [2.05, 4.69) is 4.74 Å². The highest BCUT2D eigenvalue weighted by Gasteiger charge is 2.44. The van der Waals surface area contributed by atoms with Crippen molar-refractivity contribution in [3.8, 4) is 5.75 Å². The lowest BCUT2D eigenvalue weighted by atomic mass is 10.0. The number of aromatic nitrogens is 1. The van der Waals surface area contributed by atoms with Crippen molar-refractivity contribution in [3.63, 3.8) is 0 Å². The van der Waals surface area contributed by atoms with Crippen molar-refractivity contribution in [1.29, 1.82) is 0 Å². The maximum Gasteiger partial charge on any atom is 0.573 e. The Morgan fingerprint density at radius 1 is 1.00 bits per heavy atom. The van der Waals surface area contributed by atoms with Crippen molar-refractivity contribution in [2.75, 3.05) is 26.2 Å². The van der Waals surface area contributed by atoms with Crippen LogP contribution in [0.25, 0.3) is 0 Å². The molecule has 0 radical (unpaired) electrons. The molecule has 10 nitrogen and oxygen atoms in total. The summed E-state index contributed by atoms with van der Waals surface area (Å²) in [5, 5.41) is 5.01. The number of hydrogen-bond acceptors (Lipinski definition) is 6. The maximum atomic E-state index is 12.9. The van der Waals surface area contributed by atoms with Gasteiger partial charge in [-0.1, -0.05) is 12.1 Å². The molecule has 3 heterocycles. The van der Waals surface area contributed by atoms with Gasteiger partial charge in [-0.05, 0) is 29.8 Å². The highest BCUT2D eigenvalue weighted by atomic mass is 32.2. The van der Waals surface area contributed by atoms with E-state index >= 15 is 0 Å². The predicted octanol–water partition coefficient (Wildman–Crippen LogP) is 1.91. The Morgan fingerprint density at radius 2 is 1.57 bits per heavy atom. The number of amides is 2. The molecule has 2 atom stereocenters. The van der Waals surface area contributed by atoms with Crippen LogP contribution in [0, 0.1) is 11.8 Å². The Kier molecular flexibility index (Phi) is 6.44. The highest BCUT2D eigenvalue weighted by molar-refractivity contribution is 7.89. The molecule has 14 heteroatoms. The number of halogens is 3. The molecule has 0 aliphatic carbocycles. The minimum absolute atomic E-state index is 0.0447. The number of alkyl halides is 3. The summed E-state index contributed by atoms with van der Waals surface area (Å²) in [5.41, 5.74) is 0.711. The molecule has 2 saturated heterocycles. The predicted molar refractivity (Wildman–Crippen MR) is 115 cm³/mol. The van der Waals surface area contributed by atoms with Gasteiger partial charge in [-0.15, -0.1) is 13.2 Å². The van der Waals surface area contributed by atoms with E-state index in [1.807, 2.05) is 0 Å². The lowest BCUT2D eigenvalue weighted by molar-refractivity contribution is -0.274. The summed E-state index contributed by atoms with van der Waals surface area (Å²) in [7, 11) is -2.50. The molecule has 1 aromatic heterocycles. The lowest BCUT2D eigenvalue weighted by Gasteiger charge is -2.22. The Hall–Kier alpha value is -3.26. The largest absolute Gasteiger partial charge is 0.573 e. The van der Waals surface area contributed by atoms with Crippen LogP contribution in [-0.2, 0) is 28.4 Å². The molecule has 2 amide bonds. The standard InChI is InChI=1S/C21H23F3N4O6S/c1-26-17(6-7-18(26)35(25,31)32)19(29)27-8-14-10-28(11-15(14)9-27)20(30)33-12-13-2-4-16(5-3-13)34-21(22,23)24/h2-7,14-15H,8-12H2,1H3,(H2,25,31,32)/t14-,15?/m0/s1. The fraction of sp³-hybridized carbons (Fsp3) is 0.429. The lowest BCUT2D eigenvalue weighted by Crippen LogP contribution is -2.36. The number of fused-ring (bicyclic) bond motifs is 1. The van der Waals surface area contributed by atoms with Crippen LogP contribution in [0.1, 0.15) is 16.1 Å². The van der Waals surface area contributed by atoms with Crippen LogP contribution in [0.4, 0.5) is 18.0 Å². The first kappa shape index (κ1) is 24.9. The van der Waals surface area contributed by atoms with E-state index in [1.54, 1.807) is 9.80 Å². The first-order chi connectivity index (χ1) is 16.3. The highest BCUT2D eigenvalue weighted by Crippen LogP contribution is 2.32. The zero-order valence-corrected chi connectivity index (χ0v) is 19.4. The van der Waals surface area contributed by atoms with Gasteiger partial charge < -0.3 is 23.8 Å². The summed E-state index contributed by atoms with van der Waals surface area (Å²) in [5.74, 6) is -0.592. The number of rotatable bonds is 5. The number of primary sulfonamides is 1. The number of nitrogens with two attached hydrogens (primary N) is 1. The van der Waals surface area contributed by atoms with E-state index in [-0.39, 0.29) is 40.8 Å². The fourth-order valence-electron chi connectivity index (χ4n) is 4.49. The van der Waals surface area contributed by atoms with Crippen LogP contribution < -0.4 is 9.88 Å². The van der Waals surface area contributed by atoms with E-state index in [0.717, 1.165) is 12.1 Å². The SMILES string of the molecule is Cn1c(C(=O)N2CC3CN(C(=O)OCc4ccc(OC(F)(F)F)cc4)C[C@@H]3C2)ccc1S(N)(=O)=O. The van der Waals surface area contributed by atoms with Gasteiger partial charge in [-0.3, -0.25) is 4.79 Å². The Bertz CT molecular complexity index is 1210. The number of likely N-dealkylation sites (tertiary alicyclic amines) is 2. The smallest absolute Gasteiger partial charge is 0.445 e. The number of hydrogen-bond donors (Lipinski definition) is 1. The Morgan fingerprint density at radius 3 is 2.09 bits per heavy atom. The molecule has 0 spiro atoms. The van der Waals surface area contributed by atoms with Gasteiger partial charge >= 0.3 is 12.5 Å². The molecule has 190 valence electrons. The van der Waals surface area contributed by atoms with Gasteiger partial charge in [0, 0.05) is 45.1 Å². The molecule has 2 aliphatic rings. The molecule has 1 unspecified atom stereocenters. The molecular weight excluding hydrogens is 493 g/mol. The molecule has 1 aromatic carbocycles. The summed E-state index contributed by atoms with van der Waals surface area (Å²) in [6, 6.07) is 7.74. The summed E-state index contributed by atoms with van der Waals surface area (Å²) in [6.07, 6.45) is -5.33. The molecule has 4 rings (SSSR count). The summed E-state index contributed by atoms with van der Waals surface area (Å²) in [4.78, 5) is 28.5. The zero-order chi connectivity index (χ0) is 25.5. The zero-order valence-electron chi connectivity index (χ0n) is 18.6. The van der Waals surface area contributed by atoms with E-state index in [9.17, 15) is 31.2 Å². The normalized spacial score (nSPS) is 20.1. The average molecular weight is 516 g/mol. The maximum absolute atomic E-state index is 12.9. The van der Waals surface area contributed by atoms with Crippen LogP contribution in [0.2, 0.25) is 0 Å². The van der Waals surface area contributed by atoms with Crippen molar-refractivity contribution in [2.24, 2.45) is 24.0 Å². The second-order valence-electron chi connectivity index (χ2n) is 8.54. The first-order valence-electron chi connectivity index (χ1n) is 10.6. The monoisotopic (exact) mass is 516 g/mol. The number of sulfonamides is 1. The first-order valence-corrected chi connectivity index (χ1v) is 12.1. The number of carbonyl (C=O) groups excluding carboxylic acids is 2. The summed E-state index contributed by atoms with van der Waals surface area (Å²) < 4.78 is 70.3. The minimum Gasteiger partial charge on any atom is -0.445 e. The van der Waals surface area contributed by atoms with Crippen LogP contribution in [0.5, 0.6) is 5.75 Å². The number of carbonyl (C=O) groups is 2.